The quantitative estimate of drug-likeness (QED) is 0.108. The number of aromatic nitrogens is 1. The van der Waals surface area contributed by atoms with E-state index in [2.05, 4.69) is 10.6 Å². The third-order valence-electron chi connectivity index (χ3n) is 6.91. The summed E-state index contributed by atoms with van der Waals surface area (Å²) in [7, 11) is 1.52. The lowest BCUT2D eigenvalue weighted by atomic mass is 10.0. The maximum atomic E-state index is 15.4. The number of carbonyl (C=O) groups is 3. The topological polar surface area (TPSA) is 143 Å². The first-order valence-electron chi connectivity index (χ1n) is 16.3. The van der Waals surface area contributed by atoms with Crippen molar-refractivity contribution < 1.29 is 42.5 Å². The van der Waals surface area contributed by atoms with E-state index in [-0.39, 0.29) is 35.2 Å². The van der Waals surface area contributed by atoms with Crippen molar-refractivity contribution in [3.63, 3.8) is 0 Å². The molecule has 2 N–H and O–H groups in total. The summed E-state index contributed by atoms with van der Waals surface area (Å²) in [5.74, 6) is -0.724. The fraction of sp³-hybridized carbons (Fsp3) is 0.500. The van der Waals surface area contributed by atoms with Gasteiger partial charge in [-0.2, -0.15) is 0 Å². The summed E-state index contributed by atoms with van der Waals surface area (Å²) in [5, 5.41) is 5.02. The van der Waals surface area contributed by atoms with Gasteiger partial charge >= 0.3 is 18.2 Å². The van der Waals surface area contributed by atoms with Crippen LogP contribution in [-0.4, -0.2) is 60.2 Å². The third-order valence-corrected chi connectivity index (χ3v) is 6.91. The van der Waals surface area contributed by atoms with Gasteiger partial charge in [0, 0.05) is 18.3 Å². The minimum atomic E-state index is -1.12. The van der Waals surface area contributed by atoms with Crippen LogP contribution in [-0.2, 0) is 25.7 Å². The van der Waals surface area contributed by atoms with Crippen molar-refractivity contribution in [2.75, 3.05) is 20.3 Å². The SMILES string of the molecule is CCCOc1ccc(F)c2c(=O)c(-c3ccc(OC)cc3)cn(COC(=O)C(CCCCNC(=O)OC(C)(C)C)NC(=O)OC(C)(C)C)c12. The molecular weight excluding hydrogens is 637 g/mol. The number of pyridine rings is 1. The van der Waals surface area contributed by atoms with Crippen LogP contribution in [0.25, 0.3) is 22.0 Å². The van der Waals surface area contributed by atoms with E-state index in [4.69, 9.17) is 23.7 Å². The molecule has 0 fully saturated rings. The fourth-order valence-corrected chi connectivity index (χ4v) is 4.78. The van der Waals surface area contributed by atoms with Crippen LogP contribution in [0.5, 0.6) is 11.5 Å². The monoisotopic (exact) mass is 685 g/mol. The first-order valence-corrected chi connectivity index (χ1v) is 16.3. The maximum Gasteiger partial charge on any atom is 0.408 e. The van der Waals surface area contributed by atoms with Crippen LogP contribution in [0.2, 0.25) is 0 Å². The van der Waals surface area contributed by atoms with Crippen LogP contribution in [0.1, 0.15) is 74.1 Å². The first kappa shape index (κ1) is 38.6. The Kier molecular flexibility index (Phi) is 13.4. The molecule has 0 aliphatic heterocycles. The number of nitrogens with one attached hydrogen (secondary N) is 2. The number of carbonyl (C=O) groups excluding carboxylic acids is 3. The van der Waals surface area contributed by atoms with Crippen molar-refractivity contribution in [1.82, 2.24) is 15.2 Å². The summed E-state index contributed by atoms with van der Waals surface area (Å²) < 4.78 is 44.3. The zero-order chi connectivity index (χ0) is 36.4. The van der Waals surface area contributed by atoms with Crippen molar-refractivity contribution in [2.24, 2.45) is 0 Å². The molecule has 2 amide bonds. The average Bonchev–Trinajstić information content (AvgIpc) is 3.01. The molecule has 0 saturated heterocycles. The van der Waals surface area contributed by atoms with E-state index < -0.39 is 53.4 Å². The van der Waals surface area contributed by atoms with Crippen LogP contribution >= 0.6 is 0 Å². The van der Waals surface area contributed by atoms with Crippen LogP contribution < -0.4 is 25.5 Å². The lowest BCUT2D eigenvalue weighted by Crippen LogP contribution is -2.44. The number of amides is 2. The van der Waals surface area contributed by atoms with Gasteiger partial charge in [-0.1, -0.05) is 19.1 Å². The predicted molar refractivity (Wildman–Crippen MR) is 183 cm³/mol. The van der Waals surface area contributed by atoms with E-state index in [0.717, 1.165) is 0 Å². The molecule has 3 rings (SSSR count). The molecule has 268 valence electrons. The summed E-state index contributed by atoms with van der Waals surface area (Å²) in [6, 6.07) is 8.18. The second-order valence-electron chi connectivity index (χ2n) is 13.4. The van der Waals surface area contributed by atoms with Gasteiger partial charge in [-0.15, -0.1) is 0 Å². The van der Waals surface area contributed by atoms with Gasteiger partial charge in [-0.3, -0.25) is 4.79 Å². The van der Waals surface area contributed by atoms with E-state index in [1.165, 1.54) is 30.0 Å². The number of benzene rings is 2. The Morgan fingerprint density at radius 1 is 0.918 bits per heavy atom. The highest BCUT2D eigenvalue weighted by molar-refractivity contribution is 5.89. The molecule has 13 heteroatoms. The van der Waals surface area contributed by atoms with Gasteiger partial charge in [0.15, 0.2) is 12.2 Å². The Balaban J connectivity index is 1.91. The van der Waals surface area contributed by atoms with Crippen LogP contribution in [0.4, 0.5) is 14.0 Å². The lowest BCUT2D eigenvalue weighted by molar-refractivity contribution is -0.150. The number of hydrogen-bond donors (Lipinski definition) is 2. The van der Waals surface area contributed by atoms with Gasteiger partial charge in [0.1, 0.15) is 40.1 Å². The van der Waals surface area contributed by atoms with Gasteiger partial charge in [0.2, 0.25) is 0 Å². The predicted octanol–water partition coefficient (Wildman–Crippen LogP) is 6.69. The third kappa shape index (κ3) is 11.7. The highest BCUT2D eigenvalue weighted by atomic mass is 19.1. The minimum absolute atomic E-state index is 0.119. The molecule has 1 atom stereocenters. The van der Waals surface area contributed by atoms with Gasteiger partial charge in [-0.05, 0) is 97.1 Å². The van der Waals surface area contributed by atoms with E-state index in [0.29, 0.717) is 37.2 Å². The number of halogens is 1. The van der Waals surface area contributed by atoms with Gasteiger partial charge < -0.3 is 38.9 Å². The van der Waals surface area contributed by atoms with Crippen molar-refractivity contribution in [3.8, 4) is 22.6 Å². The highest BCUT2D eigenvalue weighted by Gasteiger charge is 2.26. The molecule has 49 heavy (non-hydrogen) atoms. The standard InChI is InChI=1S/C36H48FN3O9/c1-9-20-46-28-18-17-26(37)29-30(28)40(21-25(31(29)41)23-13-15-24(45-8)16-14-23)22-47-32(42)27(39-34(44)49-36(5,6)7)12-10-11-19-38-33(43)48-35(2,3)4/h13-18,21,27H,9-12,19-20,22H2,1-8H3,(H,38,43)(H,39,44). The molecule has 12 nitrogen and oxygen atoms in total. The van der Waals surface area contributed by atoms with Crippen LogP contribution in [0.15, 0.2) is 47.4 Å². The molecule has 1 aromatic heterocycles. The van der Waals surface area contributed by atoms with Crippen molar-refractivity contribution in [1.29, 1.82) is 0 Å². The van der Waals surface area contributed by atoms with Crippen LogP contribution in [0.3, 0.4) is 0 Å². The Hall–Kier alpha value is -4.81. The number of unbranched alkanes of at least 4 members (excludes halogenated alkanes) is 1. The molecule has 2 aromatic carbocycles. The number of ether oxygens (including phenoxy) is 5. The number of alkyl carbamates (subject to hydrolysis) is 2. The summed E-state index contributed by atoms with van der Waals surface area (Å²) in [6.07, 6.45) is 1.84. The first-order chi connectivity index (χ1) is 23.0. The molecule has 1 heterocycles. The molecule has 3 aromatic rings. The summed E-state index contributed by atoms with van der Waals surface area (Å²) in [5.41, 5.74) is -1.24. The van der Waals surface area contributed by atoms with Crippen LogP contribution in [0, 0.1) is 5.82 Å². The molecule has 0 radical (unpaired) electrons. The van der Waals surface area contributed by atoms with Crippen molar-refractivity contribution in [3.05, 3.63) is 58.6 Å². The van der Waals surface area contributed by atoms with Crippen molar-refractivity contribution >= 4 is 29.1 Å². The van der Waals surface area contributed by atoms with E-state index in [1.807, 2.05) is 6.92 Å². The number of hydrogen-bond acceptors (Lipinski definition) is 9. The second kappa shape index (κ2) is 17.0. The Labute approximate surface area is 286 Å². The Morgan fingerprint density at radius 2 is 1.57 bits per heavy atom. The van der Waals surface area contributed by atoms with E-state index in [1.54, 1.807) is 65.8 Å². The molecule has 1 unspecified atom stereocenters. The molecule has 0 spiro atoms. The second-order valence-corrected chi connectivity index (χ2v) is 13.4. The summed E-state index contributed by atoms with van der Waals surface area (Å²) >= 11 is 0. The number of rotatable bonds is 14. The van der Waals surface area contributed by atoms with Gasteiger partial charge in [0.25, 0.3) is 0 Å². The van der Waals surface area contributed by atoms with E-state index in [9.17, 15) is 19.2 Å². The lowest BCUT2D eigenvalue weighted by Gasteiger charge is -2.23. The molecule has 0 aliphatic rings. The number of esters is 1. The molecule has 0 aliphatic carbocycles. The number of fused-ring (bicyclic) bond motifs is 1. The number of nitrogens with zero attached hydrogens (tertiary/aromatic N) is 1. The largest absolute Gasteiger partial charge is 0.497 e. The zero-order valence-electron chi connectivity index (χ0n) is 29.6. The summed E-state index contributed by atoms with van der Waals surface area (Å²) in [4.78, 5) is 51.9. The fourth-order valence-electron chi connectivity index (χ4n) is 4.78. The smallest absolute Gasteiger partial charge is 0.408 e. The summed E-state index contributed by atoms with van der Waals surface area (Å²) in [6.45, 7) is 12.4. The van der Waals surface area contributed by atoms with E-state index >= 15 is 4.39 Å². The van der Waals surface area contributed by atoms with Gasteiger partial charge in [0.05, 0.1) is 19.1 Å². The minimum Gasteiger partial charge on any atom is -0.497 e. The molecule has 0 bridgehead atoms. The average molecular weight is 686 g/mol. The van der Waals surface area contributed by atoms with Crippen molar-refractivity contribution in [2.45, 2.75) is 98.1 Å². The molecular formula is C36H48FN3O9. The molecule has 0 saturated carbocycles. The highest BCUT2D eigenvalue weighted by Crippen LogP contribution is 2.30. The normalized spacial score (nSPS) is 12.2. The zero-order valence-corrected chi connectivity index (χ0v) is 29.6. The van der Waals surface area contributed by atoms with Gasteiger partial charge in [-0.25, -0.2) is 18.8 Å². The Morgan fingerprint density at radius 3 is 2.18 bits per heavy atom. The number of methoxy groups -OCH3 is 1. The Bertz CT molecular complexity index is 1660. The maximum absolute atomic E-state index is 15.4.